The Balaban J connectivity index is 0. The maximum absolute atomic E-state index is 12.4. The quantitative estimate of drug-likeness (QED) is 0.347. The third kappa shape index (κ3) is 16.4. The number of fused-ring (bicyclic) bond motifs is 2. The molecular weight excluding hydrogens is 747 g/mol. The van der Waals surface area contributed by atoms with Crippen LogP contribution in [-0.2, 0) is 30.3 Å². The Morgan fingerprint density at radius 3 is 2.24 bits per heavy atom. The van der Waals surface area contributed by atoms with Gasteiger partial charge in [0.25, 0.3) is 0 Å². The molecule has 0 radical (unpaired) electrons. The molecule has 2 atom stereocenters. The van der Waals surface area contributed by atoms with Crippen LogP contribution < -0.4 is 84.7 Å². The van der Waals surface area contributed by atoms with Crippen molar-refractivity contribution in [2.75, 3.05) is 40.3 Å². The van der Waals surface area contributed by atoms with Crippen molar-refractivity contribution in [3.8, 4) is 5.75 Å². The van der Waals surface area contributed by atoms with E-state index in [1.165, 1.54) is 43.2 Å². The number of likely N-dealkylation sites (tertiary alicyclic amines) is 1. The molecule has 0 aromatic heterocycles. The Bertz CT molecular complexity index is 1160. The summed E-state index contributed by atoms with van der Waals surface area (Å²) < 4.78 is 10.5. The Morgan fingerprint density at radius 1 is 1.12 bits per heavy atom. The van der Waals surface area contributed by atoms with E-state index in [9.17, 15) is 19.2 Å². The maximum atomic E-state index is 12.4. The number of primary amides is 1. The molecule has 274 valence electrons. The van der Waals surface area contributed by atoms with Gasteiger partial charge < -0.3 is 45.2 Å². The summed E-state index contributed by atoms with van der Waals surface area (Å²) in [4.78, 5) is 60.1. The number of aryl methyl sites for hydroxylation is 1. The van der Waals surface area contributed by atoms with Crippen molar-refractivity contribution in [3.05, 3.63) is 44.7 Å². The number of hydrogen-bond donors (Lipinski definition) is 2. The molecule has 0 aliphatic carbocycles. The summed E-state index contributed by atoms with van der Waals surface area (Å²) in [6.45, 7) is 11.9. The fourth-order valence-electron chi connectivity index (χ4n) is 5.92. The van der Waals surface area contributed by atoms with Gasteiger partial charge in [-0.05, 0) is 77.8 Å². The first-order valence-electron chi connectivity index (χ1n) is 16.2. The number of hydrogen-bond acceptors (Lipinski definition) is 7. The molecule has 3 fully saturated rings. The Hall–Kier alpha value is -1.78. The zero-order chi connectivity index (χ0) is 34.5. The van der Waals surface area contributed by atoms with E-state index >= 15 is 0 Å². The van der Waals surface area contributed by atoms with Gasteiger partial charge in [0, 0.05) is 58.5 Å². The SMILES string of the molecule is CC(=O)N1CC2(CCC[C@H]3CCCN3C(=O)C2)C1.CC(C(N)=O)N(C)C(=O)OC(C)(C)C.CNC=O.[CH3-].[CH3-].[Cs+].c1ccc2c(c1)CCCO2. The molecule has 0 saturated carbocycles. The number of likely N-dealkylation sites (N-methyl/N-ethyl adjacent to an activating group) is 1. The molecule has 4 aliphatic heterocycles. The summed E-state index contributed by atoms with van der Waals surface area (Å²) in [6.07, 6.45) is 8.92. The van der Waals surface area contributed by atoms with E-state index in [0.717, 1.165) is 51.3 Å². The van der Waals surface area contributed by atoms with Gasteiger partial charge in [-0.3, -0.25) is 24.1 Å². The van der Waals surface area contributed by atoms with Crippen molar-refractivity contribution in [3.63, 3.8) is 0 Å². The molecule has 5 amide bonds. The molecular formula is C36H61CsN5O7-. The van der Waals surface area contributed by atoms with Crippen LogP contribution in [0.15, 0.2) is 24.3 Å². The monoisotopic (exact) mass is 808 g/mol. The molecule has 1 aromatic rings. The largest absolute Gasteiger partial charge is 1.00 e. The number of benzene rings is 1. The van der Waals surface area contributed by atoms with Crippen LogP contribution in [0.1, 0.15) is 85.1 Å². The van der Waals surface area contributed by atoms with E-state index < -0.39 is 23.6 Å². The number of carbonyl (C=O) groups excluding carboxylic acids is 5. The van der Waals surface area contributed by atoms with Gasteiger partial charge in [-0.25, -0.2) is 4.79 Å². The van der Waals surface area contributed by atoms with Crippen LogP contribution in [0.4, 0.5) is 4.79 Å². The van der Waals surface area contributed by atoms with E-state index in [0.29, 0.717) is 24.8 Å². The Morgan fingerprint density at radius 2 is 1.71 bits per heavy atom. The van der Waals surface area contributed by atoms with Crippen LogP contribution in [0.25, 0.3) is 0 Å². The second kappa shape index (κ2) is 23.6. The Kier molecular flexibility index (Phi) is 23.8. The topological polar surface area (TPSA) is 152 Å². The number of ether oxygens (including phenoxy) is 2. The number of nitrogens with zero attached hydrogens (tertiary/aromatic N) is 3. The number of rotatable bonds is 3. The second-order valence-electron chi connectivity index (χ2n) is 13.5. The average molecular weight is 809 g/mol. The van der Waals surface area contributed by atoms with Crippen LogP contribution in [0.3, 0.4) is 0 Å². The first-order valence-corrected chi connectivity index (χ1v) is 16.2. The van der Waals surface area contributed by atoms with E-state index in [1.54, 1.807) is 41.7 Å². The van der Waals surface area contributed by atoms with Crippen LogP contribution in [0.5, 0.6) is 5.75 Å². The molecule has 13 heteroatoms. The summed E-state index contributed by atoms with van der Waals surface area (Å²) in [7, 11) is 3.04. The van der Waals surface area contributed by atoms with Crippen LogP contribution in [-0.4, -0.2) is 103 Å². The number of nitrogens with two attached hydrogens (primary N) is 1. The predicted molar refractivity (Wildman–Crippen MR) is 189 cm³/mol. The van der Waals surface area contributed by atoms with Crippen molar-refractivity contribution in [2.24, 2.45) is 11.1 Å². The van der Waals surface area contributed by atoms with Crippen molar-refractivity contribution < 1.29 is 102 Å². The molecule has 1 unspecified atom stereocenters. The molecule has 5 rings (SSSR count). The third-order valence-electron chi connectivity index (χ3n) is 8.58. The van der Waals surface area contributed by atoms with Gasteiger partial charge in [-0.15, -0.1) is 0 Å². The molecule has 3 N–H and O–H groups in total. The molecule has 1 aromatic carbocycles. The summed E-state index contributed by atoms with van der Waals surface area (Å²) in [6, 6.07) is 8.10. The minimum absolute atomic E-state index is 0. The average Bonchev–Trinajstić information content (AvgIpc) is 3.45. The van der Waals surface area contributed by atoms with Crippen LogP contribution in [0.2, 0.25) is 0 Å². The maximum Gasteiger partial charge on any atom is 1.00 e. The summed E-state index contributed by atoms with van der Waals surface area (Å²) in [5.41, 5.74) is 5.95. The third-order valence-corrected chi connectivity index (χ3v) is 8.58. The zero-order valence-corrected chi connectivity index (χ0v) is 38.1. The van der Waals surface area contributed by atoms with Gasteiger partial charge in [-0.2, -0.15) is 0 Å². The normalized spacial score (nSPS) is 18.7. The second-order valence-corrected chi connectivity index (χ2v) is 13.5. The van der Waals surface area contributed by atoms with Gasteiger partial charge in [0.2, 0.25) is 24.1 Å². The van der Waals surface area contributed by atoms with Crippen molar-refractivity contribution in [1.29, 1.82) is 0 Å². The molecule has 3 saturated heterocycles. The van der Waals surface area contributed by atoms with Gasteiger partial charge in [0.1, 0.15) is 17.4 Å². The van der Waals surface area contributed by atoms with Gasteiger partial charge in [0.15, 0.2) is 0 Å². The number of nitrogens with one attached hydrogen (secondary N) is 1. The molecule has 12 nitrogen and oxygen atoms in total. The standard InChI is InChI=1S/C14H22N2O2.C9H18N2O3.C9H10O.C2H5NO.2CH3.Cs/c1-11(17)15-9-14(10-15)6-2-4-12-5-3-7-16(12)13(18)8-14;1-6(7(10)12)11(5)8(13)14-9(2,3)4;1-2-6-9-8(4-1)5-3-7-10-9;1-3-2-4;;;/h12H,2-10H2,1H3;6H,1-5H3,(H2,10,12);1-2,4,6H,3,5,7H2;2H,1H3,(H,3,4);2*1H3;/q;;;;2*-1;+1/t12-;;;;;;/m0....../s1. The fraction of sp³-hybridized carbons (Fsp3) is 0.639. The minimum atomic E-state index is -0.662. The summed E-state index contributed by atoms with van der Waals surface area (Å²) in [5.74, 6) is 1.00. The Labute approximate surface area is 354 Å². The fourth-order valence-corrected chi connectivity index (χ4v) is 5.92. The molecule has 0 bridgehead atoms. The minimum Gasteiger partial charge on any atom is -0.493 e. The van der Waals surface area contributed by atoms with Gasteiger partial charge in [0.05, 0.1) is 6.61 Å². The number of para-hydroxylation sites is 1. The molecule has 49 heavy (non-hydrogen) atoms. The zero-order valence-electron chi connectivity index (χ0n) is 31.8. The molecule has 4 aliphatic rings. The smallest absolute Gasteiger partial charge is 0.493 e. The van der Waals surface area contributed by atoms with Crippen LogP contribution in [0, 0.1) is 20.3 Å². The first-order chi connectivity index (χ1) is 21.6. The first kappa shape index (κ1) is 49.3. The van der Waals surface area contributed by atoms with Crippen LogP contribution >= 0.6 is 0 Å². The van der Waals surface area contributed by atoms with E-state index in [1.807, 2.05) is 17.0 Å². The number of carbonyl (C=O) groups is 5. The predicted octanol–water partition coefficient (Wildman–Crippen LogP) is 1.41. The number of amides is 5. The van der Waals surface area contributed by atoms with Gasteiger partial charge in [-0.1, -0.05) is 24.6 Å². The van der Waals surface area contributed by atoms with Crippen molar-refractivity contribution in [1.82, 2.24) is 20.0 Å². The van der Waals surface area contributed by atoms with Gasteiger partial charge >= 0.3 is 75.0 Å². The van der Waals surface area contributed by atoms with E-state index in [-0.39, 0.29) is 95.1 Å². The van der Waals surface area contributed by atoms with Crippen molar-refractivity contribution in [2.45, 2.75) is 104 Å². The molecule has 4 heterocycles. The molecule has 1 spiro atoms. The summed E-state index contributed by atoms with van der Waals surface area (Å²) in [5, 5.41) is 2.25. The van der Waals surface area contributed by atoms with E-state index in [2.05, 4.69) is 22.3 Å². The van der Waals surface area contributed by atoms with E-state index in [4.69, 9.17) is 20.0 Å². The summed E-state index contributed by atoms with van der Waals surface area (Å²) >= 11 is 0. The van der Waals surface area contributed by atoms with Crippen molar-refractivity contribution >= 4 is 30.2 Å².